The predicted octanol–water partition coefficient (Wildman–Crippen LogP) is 3.22. The summed E-state index contributed by atoms with van der Waals surface area (Å²) in [6.07, 6.45) is 5.53. The van der Waals surface area contributed by atoms with Crippen molar-refractivity contribution in [2.24, 2.45) is 11.3 Å². The summed E-state index contributed by atoms with van der Waals surface area (Å²) in [5.41, 5.74) is 0.405. The van der Waals surface area contributed by atoms with Crippen molar-refractivity contribution in [2.45, 2.75) is 65.5 Å². The standard InChI is InChI=1S/C14H29NO/c1-11(14(2,3)4)10-15-12-7-6-8-13(9-12)16-5/h11-13,15H,6-10H2,1-5H3. The zero-order valence-corrected chi connectivity index (χ0v) is 11.7. The molecular weight excluding hydrogens is 198 g/mol. The first-order chi connectivity index (χ1) is 7.43. The molecular formula is C14H29NO. The molecule has 0 saturated heterocycles. The number of nitrogens with one attached hydrogen (secondary N) is 1. The first kappa shape index (κ1) is 14.0. The molecule has 1 fully saturated rings. The number of rotatable bonds is 4. The second-order valence-corrected chi connectivity index (χ2v) is 6.40. The summed E-state index contributed by atoms with van der Waals surface area (Å²) in [5.74, 6) is 0.718. The van der Waals surface area contributed by atoms with E-state index in [1.807, 2.05) is 7.11 Å². The second kappa shape index (κ2) is 6.02. The van der Waals surface area contributed by atoms with E-state index in [0.29, 0.717) is 17.6 Å². The van der Waals surface area contributed by atoms with Gasteiger partial charge in [0.25, 0.3) is 0 Å². The van der Waals surface area contributed by atoms with E-state index in [2.05, 4.69) is 33.0 Å². The van der Waals surface area contributed by atoms with Crippen molar-refractivity contribution < 1.29 is 4.74 Å². The Bertz CT molecular complexity index is 197. The van der Waals surface area contributed by atoms with Crippen LogP contribution in [0.25, 0.3) is 0 Å². The largest absolute Gasteiger partial charge is 0.381 e. The molecule has 0 amide bonds. The van der Waals surface area contributed by atoms with Crippen LogP contribution in [0.2, 0.25) is 0 Å². The Labute approximate surface area is 101 Å². The van der Waals surface area contributed by atoms with Gasteiger partial charge in [0.1, 0.15) is 0 Å². The van der Waals surface area contributed by atoms with Gasteiger partial charge >= 0.3 is 0 Å². The smallest absolute Gasteiger partial charge is 0.0586 e. The quantitative estimate of drug-likeness (QED) is 0.796. The summed E-state index contributed by atoms with van der Waals surface area (Å²) < 4.78 is 5.46. The Balaban J connectivity index is 2.27. The molecule has 0 heterocycles. The molecule has 1 aliphatic carbocycles. The maximum atomic E-state index is 5.46. The van der Waals surface area contributed by atoms with Crippen molar-refractivity contribution >= 4 is 0 Å². The van der Waals surface area contributed by atoms with Crippen LogP contribution in [-0.2, 0) is 4.74 Å². The normalized spacial score (nSPS) is 29.1. The van der Waals surface area contributed by atoms with Crippen LogP contribution in [-0.4, -0.2) is 25.8 Å². The van der Waals surface area contributed by atoms with Crippen molar-refractivity contribution in [2.75, 3.05) is 13.7 Å². The van der Waals surface area contributed by atoms with E-state index < -0.39 is 0 Å². The fourth-order valence-electron chi connectivity index (χ4n) is 2.19. The highest BCUT2D eigenvalue weighted by atomic mass is 16.5. The third-order valence-corrected chi connectivity index (χ3v) is 4.15. The molecule has 0 aromatic rings. The number of hydrogen-bond donors (Lipinski definition) is 1. The summed E-state index contributed by atoms with van der Waals surface area (Å²) in [6, 6.07) is 0.670. The van der Waals surface area contributed by atoms with Crippen LogP contribution >= 0.6 is 0 Å². The van der Waals surface area contributed by atoms with Gasteiger partial charge in [0, 0.05) is 13.2 Å². The average molecular weight is 227 g/mol. The summed E-state index contributed by atoms with van der Waals surface area (Å²) in [5, 5.41) is 3.71. The molecule has 0 spiro atoms. The van der Waals surface area contributed by atoms with Gasteiger partial charge in [0.2, 0.25) is 0 Å². The average Bonchev–Trinajstić information content (AvgIpc) is 2.25. The molecule has 0 bridgehead atoms. The van der Waals surface area contributed by atoms with Crippen molar-refractivity contribution in [3.63, 3.8) is 0 Å². The SMILES string of the molecule is COC1CCCC(NCC(C)C(C)(C)C)C1. The Morgan fingerprint density at radius 1 is 1.31 bits per heavy atom. The van der Waals surface area contributed by atoms with Crippen molar-refractivity contribution in [1.29, 1.82) is 0 Å². The van der Waals surface area contributed by atoms with Crippen LogP contribution in [0.15, 0.2) is 0 Å². The van der Waals surface area contributed by atoms with E-state index in [-0.39, 0.29) is 0 Å². The lowest BCUT2D eigenvalue weighted by Gasteiger charge is -2.33. The van der Waals surface area contributed by atoms with Gasteiger partial charge in [-0.25, -0.2) is 0 Å². The van der Waals surface area contributed by atoms with Crippen LogP contribution < -0.4 is 5.32 Å². The van der Waals surface area contributed by atoms with Gasteiger partial charge in [-0.2, -0.15) is 0 Å². The molecule has 0 radical (unpaired) electrons. The van der Waals surface area contributed by atoms with E-state index >= 15 is 0 Å². The van der Waals surface area contributed by atoms with Crippen molar-refractivity contribution in [3.05, 3.63) is 0 Å². The Kier molecular flexibility index (Phi) is 5.26. The minimum absolute atomic E-state index is 0.405. The molecule has 0 aromatic carbocycles. The first-order valence-electron chi connectivity index (χ1n) is 6.69. The maximum absolute atomic E-state index is 5.46. The summed E-state index contributed by atoms with van der Waals surface area (Å²) in [4.78, 5) is 0. The zero-order chi connectivity index (χ0) is 12.2. The van der Waals surface area contributed by atoms with E-state index in [4.69, 9.17) is 4.74 Å². The molecule has 1 N–H and O–H groups in total. The van der Waals surface area contributed by atoms with E-state index in [9.17, 15) is 0 Å². The predicted molar refractivity (Wildman–Crippen MR) is 69.7 cm³/mol. The summed E-state index contributed by atoms with van der Waals surface area (Å²) in [6.45, 7) is 10.4. The third-order valence-electron chi connectivity index (χ3n) is 4.15. The minimum atomic E-state index is 0.405. The molecule has 3 unspecified atom stereocenters. The van der Waals surface area contributed by atoms with Crippen LogP contribution in [0, 0.1) is 11.3 Å². The van der Waals surface area contributed by atoms with Crippen LogP contribution in [0.1, 0.15) is 53.4 Å². The highest BCUT2D eigenvalue weighted by Crippen LogP contribution is 2.26. The van der Waals surface area contributed by atoms with Crippen LogP contribution in [0.4, 0.5) is 0 Å². The van der Waals surface area contributed by atoms with Gasteiger partial charge < -0.3 is 10.1 Å². The topological polar surface area (TPSA) is 21.3 Å². The summed E-state index contributed by atoms with van der Waals surface area (Å²) >= 11 is 0. The van der Waals surface area contributed by atoms with E-state index in [1.54, 1.807) is 0 Å². The van der Waals surface area contributed by atoms with Gasteiger partial charge in [-0.05, 0) is 43.6 Å². The minimum Gasteiger partial charge on any atom is -0.381 e. The molecule has 96 valence electrons. The van der Waals surface area contributed by atoms with E-state index in [0.717, 1.165) is 12.5 Å². The molecule has 2 nitrogen and oxygen atoms in total. The van der Waals surface area contributed by atoms with Crippen LogP contribution in [0.5, 0.6) is 0 Å². The Morgan fingerprint density at radius 2 is 2.00 bits per heavy atom. The van der Waals surface area contributed by atoms with E-state index in [1.165, 1.54) is 25.7 Å². The lowest BCUT2D eigenvalue weighted by molar-refractivity contribution is 0.0573. The van der Waals surface area contributed by atoms with Crippen LogP contribution in [0.3, 0.4) is 0 Å². The van der Waals surface area contributed by atoms with Crippen molar-refractivity contribution in [3.8, 4) is 0 Å². The lowest BCUT2D eigenvalue weighted by Crippen LogP contribution is -2.40. The third kappa shape index (κ3) is 4.42. The second-order valence-electron chi connectivity index (χ2n) is 6.40. The lowest BCUT2D eigenvalue weighted by atomic mass is 9.81. The Hall–Kier alpha value is -0.0800. The fraction of sp³-hybridized carbons (Fsp3) is 1.00. The molecule has 0 aromatic heterocycles. The molecule has 1 rings (SSSR count). The monoisotopic (exact) mass is 227 g/mol. The molecule has 1 aliphatic rings. The number of ether oxygens (including phenoxy) is 1. The fourth-order valence-corrected chi connectivity index (χ4v) is 2.19. The highest BCUT2D eigenvalue weighted by Gasteiger charge is 2.24. The molecule has 1 saturated carbocycles. The molecule has 16 heavy (non-hydrogen) atoms. The number of hydrogen-bond acceptors (Lipinski definition) is 2. The maximum Gasteiger partial charge on any atom is 0.0586 e. The van der Waals surface area contributed by atoms with Gasteiger partial charge in [-0.3, -0.25) is 0 Å². The Morgan fingerprint density at radius 3 is 2.56 bits per heavy atom. The van der Waals surface area contributed by atoms with Crippen molar-refractivity contribution in [1.82, 2.24) is 5.32 Å². The van der Waals surface area contributed by atoms with Gasteiger partial charge in [0.05, 0.1) is 6.10 Å². The zero-order valence-electron chi connectivity index (χ0n) is 11.7. The van der Waals surface area contributed by atoms with Gasteiger partial charge in [-0.1, -0.05) is 27.7 Å². The number of methoxy groups -OCH3 is 1. The van der Waals surface area contributed by atoms with Gasteiger partial charge in [0.15, 0.2) is 0 Å². The highest BCUT2D eigenvalue weighted by molar-refractivity contribution is 4.80. The first-order valence-corrected chi connectivity index (χ1v) is 6.69. The summed E-state index contributed by atoms with van der Waals surface area (Å²) in [7, 11) is 1.84. The molecule has 0 aliphatic heterocycles. The molecule has 2 heteroatoms. The van der Waals surface area contributed by atoms with Gasteiger partial charge in [-0.15, -0.1) is 0 Å². The molecule has 3 atom stereocenters.